The molecule has 0 aromatic carbocycles. The zero-order valence-electron chi connectivity index (χ0n) is 12.1. The third kappa shape index (κ3) is 4.08. The van der Waals surface area contributed by atoms with Crippen molar-refractivity contribution in [2.75, 3.05) is 21.2 Å². The van der Waals surface area contributed by atoms with Crippen molar-refractivity contribution in [2.45, 2.75) is 38.1 Å². The number of aromatic nitrogens is 1. The predicted octanol–water partition coefficient (Wildman–Crippen LogP) is 3.70. The molecule has 3 nitrogen and oxygen atoms in total. The van der Waals surface area contributed by atoms with E-state index in [4.69, 9.17) is 4.74 Å². The predicted molar refractivity (Wildman–Crippen MR) is 81.0 cm³/mol. The topological polar surface area (TPSA) is 25.4 Å². The number of ether oxygens (including phenoxy) is 1. The van der Waals surface area contributed by atoms with Gasteiger partial charge < -0.3 is 9.64 Å². The van der Waals surface area contributed by atoms with Crippen molar-refractivity contribution in [3.63, 3.8) is 0 Å². The molecule has 0 aliphatic heterocycles. The van der Waals surface area contributed by atoms with E-state index < -0.39 is 0 Å². The molecule has 1 atom stereocenters. The average molecular weight is 285 g/mol. The summed E-state index contributed by atoms with van der Waals surface area (Å²) in [7, 11) is 6.03. The van der Waals surface area contributed by atoms with Crippen LogP contribution in [0.15, 0.2) is 18.5 Å². The molecule has 1 fully saturated rings. The van der Waals surface area contributed by atoms with Gasteiger partial charge in [-0.2, -0.15) is 0 Å². The second-order valence-electron chi connectivity index (χ2n) is 5.46. The van der Waals surface area contributed by atoms with E-state index >= 15 is 0 Å². The normalized spacial score (nSPS) is 17.9. The van der Waals surface area contributed by atoms with E-state index in [2.05, 4.69) is 30.0 Å². The van der Waals surface area contributed by atoms with Crippen LogP contribution in [0.5, 0.6) is 5.75 Å². The molecule has 1 aromatic rings. The number of hydrogen-bond acceptors (Lipinski definition) is 3. The SMILES string of the molecule is COc1cncc(C(C2CCCCC2)N(C)C)c1.Cl. The van der Waals surface area contributed by atoms with E-state index in [0.29, 0.717) is 6.04 Å². The van der Waals surface area contributed by atoms with Gasteiger partial charge in [-0.25, -0.2) is 0 Å². The van der Waals surface area contributed by atoms with Crippen LogP contribution in [-0.4, -0.2) is 31.1 Å². The van der Waals surface area contributed by atoms with Crippen LogP contribution in [0.1, 0.15) is 43.7 Å². The highest BCUT2D eigenvalue weighted by Gasteiger charge is 2.27. The lowest BCUT2D eigenvalue weighted by atomic mass is 9.81. The summed E-state index contributed by atoms with van der Waals surface area (Å²) < 4.78 is 5.29. The van der Waals surface area contributed by atoms with E-state index in [1.54, 1.807) is 13.3 Å². The molecule has 2 rings (SSSR count). The van der Waals surface area contributed by atoms with Gasteiger partial charge in [-0.05, 0) is 44.5 Å². The number of rotatable bonds is 4. The van der Waals surface area contributed by atoms with E-state index in [0.717, 1.165) is 11.7 Å². The lowest BCUT2D eigenvalue weighted by molar-refractivity contribution is 0.170. The maximum Gasteiger partial charge on any atom is 0.137 e. The molecular formula is C15H25ClN2O. The Morgan fingerprint density at radius 2 is 1.89 bits per heavy atom. The zero-order valence-corrected chi connectivity index (χ0v) is 12.9. The standard InChI is InChI=1S/C15H24N2O.ClH/c1-17(2)15(12-7-5-4-6-8-12)13-9-14(18-3)11-16-10-13;/h9-12,15H,4-8H2,1-3H3;1H. The summed E-state index contributed by atoms with van der Waals surface area (Å²) in [6.45, 7) is 0. The van der Waals surface area contributed by atoms with Crippen LogP contribution in [-0.2, 0) is 0 Å². The molecule has 4 heteroatoms. The molecular weight excluding hydrogens is 260 g/mol. The van der Waals surface area contributed by atoms with Gasteiger partial charge in [0.25, 0.3) is 0 Å². The third-order valence-corrected chi connectivity index (χ3v) is 3.96. The minimum atomic E-state index is 0. The van der Waals surface area contributed by atoms with Gasteiger partial charge in [0.2, 0.25) is 0 Å². The highest BCUT2D eigenvalue weighted by molar-refractivity contribution is 5.85. The van der Waals surface area contributed by atoms with E-state index in [1.165, 1.54) is 37.7 Å². The molecule has 1 unspecified atom stereocenters. The Labute approximate surface area is 122 Å². The maximum absolute atomic E-state index is 5.29. The summed E-state index contributed by atoms with van der Waals surface area (Å²) in [6, 6.07) is 2.60. The Kier molecular flexibility index (Phi) is 6.59. The first-order valence-corrected chi connectivity index (χ1v) is 6.87. The van der Waals surface area contributed by atoms with Crippen molar-refractivity contribution in [1.29, 1.82) is 0 Å². The zero-order chi connectivity index (χ0) is 13.0. The Morgan fingerprint density at radius 1 is 1.21 bits per heavy atom. The molecule has 0 bridgehead atoms. The highest BCUT2D eigenvalue weighted by Crippen LogP contribution is 2.37. The second-order valence-corrected chi connectivity index (χ2v) is 5.46. The van der Waals surface area contributed by atoms with Gasteiger partial charge in [-0.15, -0.1) is 12.4 Å². The molecule has 1 saturated carbocycles. The molecule has 0 saturated heterocycles. The van der Waals surface area contributed by atoms with Crippen molar-refractivity contribution < 1.29 is 4.74 Å². The van der Waals surface area contributed by atoms with Crippen LogP contribution < -0.4 is 4.74 Å². The van der Waals surface area contributed by atoms with Crippen LogP contribution in [0.25, 0.3) is 0 Å². The van der Waals surface area contributed by atoms with E-state index in [-0.39, 0.29) is 12.4 Å². The maximum atomic E-state index is 5.29. The van der Waals surface area contributed by atoms with Crippen molar-refractivity contribution in [3.8, 4) is 5.75 Å². The summed E-state index contributed by atoms with van der Waals surface area (Å²) in [5.41, 5.74) is 1.28. The van der Waals surface area contributed by atoms with Crippen molar-refractivity contribution in [3.05, 3.63) is 24.0 Å². The highest BCUT2D eigenvalue weighted by atomic mass is 35.5. The largest absolute Gasteiger partial charge is 0.495 e. The number of halogens is 1. The molecule has 0 radical (unpaired) electrons. The summed E-state index contributed by atoms with van der Waals surface area (Å²) in [4.78, 5) is 6.63. The summed E-state index contributed by atoms with van der Waals surface area (Å²) >= 11 is 0. The Hall–Kier alpha value is -0.800. The van der Waals surface area contributed by atoms with Crippen molar-refractivity contribution in [2.24, 2.45) is 5.92 Å². The number of hydrogen-bond donors (Lipinski definition) is 0. The van der Waals surface area contributed by atoms with Gasteiger partial charge in [-0.1, -0.05) is 19.3 Å². The van der Waals surface area contributed by atoms with Gasteiger partial charge in [-0.3, -0.25) is 4.98 Å². The van der Waals surface area contributed by atoms with Crippen LogP contribution in [0.4, 0.5) is 0 Å². The van der Waals surface area contributed by atoms with Crippen molar-refractivity contribution in [1.82, 2.24) is 9.88 Å². The summed E-state index contributed by atoms with van der Waals surface area (Å²) in [5, 5.41) is 0. The van der Waals surface area contributed by atoms with Crippen molar-refractivity contribution >= 4 is 12.4 Å². The molecule has 1 aliphatic rings. The number of pyridine rings is 1. The lowest BCUT2D eigenvalue weighted by Gasteiger charge is -2.35. The molecule has 0 spiro atoms. The van der Waals surface area contributed by atoms with Crippen LogP contribution in [0, 0.1) is 5.92 Å². The van der Waals surface area contributed by atoms with Gasteiger partial charge in [0.15, 0.2) is 0 Å². The number of nitrogens with zero attached hydrogens (tertiary/aromatic N) is 2. The summed E-state index contributed by atoms with van der Waals surface area (Å²) in [5.74, 6) is 1.61. The molecule has 0 amide bonds. The lowest BCUT2D eigenvalue weighted by Crippen LogP contribution is -2.29. The van der Waals surface area contributed by atoms with Gasteiger partial charge in [0, 0.05) is 12.2 Å². The van der Waals surface area contributed by atoms with Gasteiger partial charge in [0.05, 0.1) is 13.3 Å². The molecule has 108 valence electrons. The fraction of sp³-hybridized carbons (Fsp3) is 0.667. The Balaban J connectivity index is 0.00000180. The fourth-order valence-corrected chi connectivity index (χ4v) is 3.15. The summed E-state index contributed by atoms with van der Waals surface area (Å²) in [6.07, 6.45) is 10.6. The van der Waals surface area contributed by atoms with Crippen LogP contribution in [0.2, 0.25) is 0 Å². The van der Waals surface area contributed by atoms with E-state index in [1.807, 2.05) is 6.20 Å². The minimum absolute atomic E-state index is 0. The fourth-order valence-electron chi connectivity index (χ4n) is 3.15. The third-order valence-electron chi connectivity index (χ3n) is 3.96. The van der Waals surface area contributed by atoms with E-state index in [9.17, 15) is 0 Å². The Morgan fingerprint density at radius 3 is 2.47 bits per heavy atom. The van der Waals surface area contributed by atoms with Gasteiger partial charge in [0.1, 0.15) is 5.75 Å². The average Bonchev–Trinajstić information content (AvgIpc) is 2.40. The van der Waals surface area contributed by atoms with Gasteiger partial charge >= 0.3 is 0 Å². The van der Waals surface area contributed by atoms with Crippen LogP contribution in [0.3, 0.4) is 0 Å². The second kappa shape index (κ2) is 7.71. The number of methoxy groups -OCH3 is 1. The quantitative estimate of drug-likeness (QED) is 0.843. The molecule has 1 heterocycles. The minimum Gasteiger partial charge on any atom is -0.495 e. The molecule has 1 aliphatic carbocycles. The molecule has 19 heavy (non-hydrogen) atoms. The monoisotopic (exact) mass is 284 g/mol. The molecule has 0 N–H and O–H groups in total. The first kappa shape index (κ1) is 16.3. The Bertz CT molecular complexity index is 378. The first-order valence-electron chi connectivity index (χ1n) is 6.87. The first-order chi connectivity index (χ1) is 8.72. The van der Waals surface area contributed by atoms with Crippen LogP contribution >= 0.6 is 12.4 Å². The molecule has 1 aromatic heterocycles. The smallest absolute Gasteiger partial charge is 0.137 e.